The first-order valence-corrected chi connectivity index (χ1v) is 8.57. The quantitative estimate of drug-likeness (QED) is 0.674. The fourth-order valence-electron chi connectivity index (χ4n) is 3.09. The Balaban J connectivity index is 1.93. The standard InChI is InChI=1S/C21H20F2N2O2/c1-12-15-6-4-5-7-18(15)25-19(20(12)21(26)27-3)11-24-13(2)14-8-9-16(22)17(23)10-14/h4-10,13,24H,11H2,1-3H3/t13-/m0/s1. The van der Waals surface area contributed by atoms with Gasteiger partial charge in [0.25, 0.3) is 0 Å². The molecule has 2 aromatic carbocycles. The van der Waals surface area contributed by atoms with Crippen molar-refractivity contribution in [2.45, 2.75) is 26.4 Å². The van der Waals surface area contributed by atoms with Crippen LogP contribution >= 0.6 is 0 Å². The first-order chi connectivity index (χ1) is 12.9. The molecule has 4 nitrogen and oxygen atoms in total. The van der Waals surface area contributed by atoms with E-state index in [1.807, 2.05) is 38.1 Å². The monoisotopic (exact) mass is 370 g/mol. The average Bonchev–Trinajstić information content (AvgIpc) is 2.67. The zero-order valence-corrected chi connectivity index (χ0v) is 15.3. The van der Waals surface area contributed by atoms with E-state index in [1.165, 1.54) is 13.2 Å². The van der Waals surface area contributed by atoms with Crippen LogP contribution in [0.4, 0.5) is 8.78 Å². The number of carbonyl (C=O) groups is 1. The molecule has 0 aliphatic carbocycles. The van der Waals surface area contributed by atoms with Gasteiger partial charge in [0.2, 0.25) is 0 Å². The van der Waals surface area contributed by atoms with Gasteiger partial charge in [-0.2, -0.15) is 0 Å². The van der Waals surface area contributed by atoms with Crippen molar-refractivity contribution in [2.24, 2.45) is 0 Å². The second-order valence-electron chi connectivity index (χ2n) is 6.34. The van der Waals surface area contributed by atoms with E-state index < -0.39 is 17.6 Å². The largest absolute Gasteiger partial charge is 0.465 e. The number of nitrogens with zero attached hydrogens (tertiary/aromatic N) is 1. The molecule has 3 rings (SSSR count). The van der Waals surface area contributed by atoms with Crippen molar-refractivity contribution in [3.63, 3.8) is 0 Å². The number of halogens is 2. The Morgan fingerprint density at radius 1 is 1.19 bits per heavy atom. The molecular formula is C21H20F2N2O2. The third-order valence-corrected chi connectivity index (χ3v) is 4.64. The van der Waals surface area contributed by atoms with Crippen LogP contribution < -0.4 is 5.32 Å². The summed E-state index contributed by atoms with van der Waals surface area (Å²) in [7, 11) is 1.33. The molecule has 1 aromatic heterocycles. The minimum Gasteiger partial charge on any atom is -0.465 e. The minimum absolute atomic E-state index is 0.265. The number of aromatic nitrogens is 1. The molecule has 0 bridgehead atoms. The molecule has 0 fully saturated rings. The van der Waals surface area contributed by atoms with E-state index in [1.54, 1.807) is 0 Å². The van der Waals surface area contributed by atoms with Crippen molar-refractivity contribution in [1.29, 1.82) is 0 Å². The van der Waals surface area contributed by atoms with Gasteiger partial charge in [-0.25, -0.2) is 13.6 Å². The first-order valence-electron chi connectivity index (χ1n) is 8.57. The summed E-state index contributed by atoms with van der Waals surface area (Å²) in [6, 6.07) is 11.1. The highest BCUT2D eigenvalue weighted by molar-refractivity contribution is 5.98. The molecule has 0 saturated carbocycles. The zero-order valence-electron chi connectivity index (χ0n) is 15.3. The van der Waals surface area contributed by atoms with Crippen molar-refractivity contribution < 1.29 is 18.3 Å². The summed E-state index contributed by atoms with van der Waals surface area (Å²) in [6.07, 6.45) is 0. The molecular weight excluding hydrogens is 350 g/mol. The SMILES string of the molecule is COC(=O)c1c(CN[C@@H](C)c2ccc(F)c(F)c2)nc2ccccc2c1C. The third-order valence-electron chi connectivity index (χ3n) is 4.64. The number of ether oxygens (including phenoxy) is 1. The molecule has 0 aliphatic rings. The van der Waals surface area contributed by atoms with Gasteiger partial charge in [0.15, 0.2) is 11.6 Å². The Morgan fingerprint density at radius 3 is 2.63 bits per heavy atom. The van der Waals surface area contributed by atoms with E-state index in [-0.39, 0.29) is 12.6 Å². The van der Waals surface area contributed by atoms with E-state index in [0.717, 1.165) is 28.6 Å². The van der Waals surface area contributed by atoms with Crippen LogP contribution in [0.3, 0.4) is 0 Å². The summed E-state index contributed by atoms with van der Waals surface area (Å²) >= 11 is 0. The molecule has 0 aliphatic heterocycles. The Morgan fingerprint density at radius 2 is 1.93 bits per heavy atom. The van der Waals surface area contributed by atoms with Gasteiger partial charge in [0, 0.05) is 18.0 Å². The second-order valence-corrected chi connectivity index (χ2v) is 6.34. The number of hydrogen-bond donors (Lipinski definition) is 1. The maximum absolute atomic E-state index is 13.5. The summed E-state index contributed by atoms with van der Waals surface area (Å²) in [5.74, 6) is -2.23. The van der Waals surface area contributed by atoms with Gasteiger partial charge in [-0.1, -0.05) is 24.3 Å². The fraction of sp³-hybridized carbons (Fsp3) is 0.238. The smallest absolute Gasteiger partial charge is 0.340 e. The Bertz CT molecular complexity index is 1000. The summed E-state index contributed by atoms with van der Waals surface area (Å²) in [6.45, 7) is 3.97. The summed E-state index contributed by atoms with van der Waals surface area (Å²) < 4.78 is 31.5. The lowest BCUT2D eigenvalue weighted by Crippen LogP contribution is -2.22. The molecule has 27 heavy (non-hydrogen) atoms. The molecule has 1 N–H and O–H groups in total. The maximum Gasteiger partial charge on any atom is 0.340 e. The normalized spacial score (nSPS) is 12.2. The Hall–Kier alpha value is -2.86. The van der Waals surface area contributed by atoms with Gasteiger partial charge in [-0.3, -0.25) is 4.98 Å². The molecule has 1 atom stereocenters. The molecule has 0 radical (unpaired) electrons. The van der Waals surface area contributed by atoms with Crippen LogP contribution in [0, 0.1) is 18.6 Å². The average molecular weight is 370 g/mol. The molecule has 1 heterocycles. The number of nitrogens with one attached hydrogen (secondary N) is 1. The van der Waals surface area contributed by atoms with Crippen LogP contribution in [-0.2, 0) is 11.3 Å². The predicted molar refractivity (Wildman–Crippen MR) is 99.4 cm³/mol. The van der Waals surface area contributed by atoms with Crippen LogP contribution in [0.15, 0.2) is 42.5 Å². The Kier molecular flexibility index (Phi) is 5.46. The molecule has 140 valence electrons. The summed E-state index contributed by atoms with van der Waals surface area (Å²) in [4.78, 5) is 16.9. The van der Waals surface area contributed by atoms with Crippen molar-refractivity contribution in [3.05, 3.63) is 76.5 Å². The van der Waals surface area contributed by atoms with E-state index in [9.17, 15) is 13.6 Å². The minimum atomic E-state index is -0.893. The number of methoxy groups -OCH3 is 1. The lowest BCUT2D eigenvalue weighted by Gasteiger charge is -2.17. The number of benzene rings is 2. The maximum atomic E-state index is 13.5. The van der Waals surface area contributed by atoms with Gasteiger partial charge in [-0.15, -0.1) is 0 Å². The Labute approximate surface area is 156 Å². The van der Waals surface area contributed by atoms with Crippen LogP contribution in [-0.4, -0.2) is 18.1 Å². The second kappa shape index (κ2) is 7.80. The molecule has 3 aromatic rings. The number of hydrogen-bond acceptors (Lipinski definition) is 4. The predicted octanol–water partition coefficient (Wildman–Crippen LogP) is 4.46. The van der Waals surface area contributed by atoms with Gasteiger partial charge in [0.05, 0.1) is 23.9 Å². The number of rotatable bonds is 5. The van der Waals surface area contributed by atoms with E-state index >= 15 is 0 Å². The molecule has 0 unspecified atom stereocenters. The number of carbonyl (C=O) groups excluding carboxylic acids is 1. The van der Waals surface area contributed by atoms with E-state index in [2.05, 4.69) is 10.3 Å². The van der Waals surface area contributed by atoms with Crippen LogP contribution in [0.1, 0.15) is 40.1 Å². The summed E-state index contributed by atoms with van der Waals surface area (Å²) in [5.41, 5.74) is 3.14. The number of esters is 1. The number of para-hydroxylation sites is 1. The van der Waals surface area contributed by atoms with Crippen molar-refractivity contribution in [2.75, 3.05) is 7.11 Å². The summed E-state index contributed by atoms with van der Waals surface area (Å²) in [5, 5.41) is 4.10. The number of aryl methyl sites for hydroxylation is 1. The van der Waals surface area contributed by atoms with Crippen molar-refractivity contribution >= 4 is 16.9 Å². The number of fused-ring (bicyclic) bond motifs is 1. The third kappa shape index (κ3) is 3.80. The van der Waals surface area contributed by atoms with E-state index in [4.69, 9.17) is 4.74 Å². The van der Waals surface area contributed by atoms with Gasteiger partial charge >= 0.3 is 5.97 Å². The molecule has 6 heteroatoms. The zero-order chi connectivity index (χ0) is 19.6. The lowest BCUT2D eigenvalue weighted by molar-refractivity contribution is 0.0598. The molecule has 0 spiro atoms. The fourth-order valence-corrected chi connectivity index (χ4v) is 3.09. The topological polar surface area (TPSA) is 51.2 Å². The highest BCUT2D eigenvalue weighted by Crippen LogP contribution is 2.24. The van der Waals surface area contributed by atoms with Gasteiger partial charge in [-0.05, 0) is 43.2 Å². The van der Waals surface area contributed by atoms with Crippen LogP contribution in [0.25, 0.3) is 10.9 Å². The van der Waals surface area contributed by atoms with Crippen molar-refractivity contribution in [1.82, 2.24) is 10.3 Å². The highest BCUT2D eigenvalue weighted by atomic mass is 19.2. The molecule has 0 saturated heterocycles. The van der Waals surface area contributed by atoms with E-state index in [0.29, 0.717) is 16.8 Å². The number of pyridine rings is 1. The molecule has 0 amide bonds. The van der Waals surface area contributed by atoms with Gasteiger partial charge < -0.3 is 10.1 Å². The van der Waals surface area contributed by atoms with Crippen LogP contribution in [0.2, 0.25) is 0 Å². The van der Waals surface area contributed by atoms with Crippen molar-refractivity contribution in [3.8, 4) is 0 Å². The lowest BCUT2D eigenvalue weighted by atomic mass is 10.0. The first kappa shape index (κ1) is 18.9. The highest BCUT2D eigenvalue weighted by Gasteiger charge is 2.20. The van der Waals surface area contributed by atoms with Crippen LogP contribution in [0.5, 0.6) is 0 Å². The van der Waals surface area contributed by atoms with Gasteiger partial charge in [0.1, 0.15) is 0 Å².